The second-order valence-electron chi connectivity index (χ2n) is 2.47. The monoisotopic (exact) mass is 174 g/mol. The first-order chi connectivity index (χ1) is 6.40. The van der Waals surface area contributed by atoms with E-state index in [2.05, 4.69) is 10.1 Å². The molecule has 0 amide bonds. The Kier molecular flexibility index (Phi) is 1.88. The number of hydrogen-bond donors (Lipinski definition) is 0. The van der Waals surface area contributed by atoms with E-state index in [-0.39, 0.29) is 5.76 Å². The first-order valence-electron chi connectivity index (χ1n) is 3.72. The van der Waals surface area contributed by atoms with E-state index in [0.717, 1.165) is 5.56 Å². The Morgan fingerprint density at radius 2 is 2.08 bits per heavy atom. The summed E-state index contributed by atoms with van der Waals surface area (Å²) in [5, 5.41) is 3.72. The summed E-state index contributed by atoms with van der Waals surface area (Å²) in [7, 11) is 0. The third kappa shape index (κ3) is 1.46. The van der Waals surface area contributed by atoms with Crippen molar-refractivity contribution >= 4 is 6.29 Å². The minimum atomic E-state index is 0.229. The minimum Gasteiger partial charge on any atom is -0.353 e. The van der Waals surface area contributed by atoms with Gasteiger partial charge in [0.05, 0.1) is 0 Å². The first kappa shape index (κ1) is 7.67. The second-order valence-corrected chi connectivity index (χ2v) is 2.47. The van der Waals surface area contributed by atoms with Crippen LogP contribution in [0.3, 0.4) is 0 Å². The van der Waals surface area contributed by atoms with Crippen LogP contribution < -0.4 is 0 Å². The molecule has 2 aromatic rings. The Labute approximate surface area is 74.2 Å². The summed E-state index contributed by atoms with van der Waals surface area (Å²) < 4.78 is 4.73. The number of aldehydes is 1. The number of hydrogen-bond acceptors (Lipinski definition) is 4. The van der Waals surface area contributed by atoms with Gasteiger partial charge in [0, 0.05) is 24.0 Å². The third-order valence-electron chi connectivity index (χ3n) is 1.62. The van der Waals surface area contributed by atoms with Gasteiger partial charge in [-0.25, -0.2) is 0 Å². The van der Waals surface area contributed by atoms with Crippen LogP contribution in [-0.4, -0.2) is 16.4 Å². The molecule has 0 bridgehead atoms. The minimum absolute atomic E-state index is 0.229. The molecule has 2 aromatic heterocycles. The normalized spacial score (nSPS) is 9.85. The zero-order chi connectivity index (χ0) is 9.10. The number of carbonyl (C=O) groups is 1. The molecule has 0 aliphatic rings. The van der Waals surface area contributed by atoms with E-state index < -0.39 is 0 Å². The van der Waals surface area contributed by atoms with Gasteiger partial charge in [-0.1, -0.05) is 5.16 Å². The van der Waals surface area contributed by atoms with Gasteiger partial charge in [0.1, 0.15) is 5.69 Å². The van der Waals surface area contributed by atoms with E-state index in [4.69, 9.17) is 4.52 Å². The van der Waals surface area contributed by atoms with Gasteiger partial charge in [-0.3, -0.25) is 9.78 Å². The molecule has 0 saturated carbocycles. The molecule has 0 aromatic carbocycles. The smallest absolute Gasteiger partial charge is 0.199 e. The zero-order valence-electron chi connectivity index (χ0n) is 6.68. The van der Waals surface area contributed by atoms with Crippen LogP contribution >= 0.6 is 0 Å². The molecule has 64 valence electrons. The van der Waals surface area contributed by atoms with Gasteiger partial charge in [0.25, 0.3) is 0 Å². The Hall–Kier alpha value is -1.97. The van der Waals surface area contributed by atoms with Gasteiger partial charge in [-0.05, 0) is 12.1 Å². The van der Waals surface area contributed by atoms with Crippen molar-refractivity contribution in [3.8, 4) is 11.3 Å². The molecule has 0 unspecified atom stereocenters. The van der Waals surface area contributed by atoms with E-state index in [9.17, 15) is 4.79 Å². The van der Waals surface area contributed by atoms with Crippen LogP contribution in [0, 0.1) is 0 Å². The highest BCUT2D eigenvalue weighted by Gasteiger charge is 2.04. The van der Waals surface area contributed by atoms with Gasteiger partial charge in [0.2, 0.25) is 0 Å². The summed E-state index contributed by atoms with van der Waals surface area (Å²) in [5.74, 6) is 0.229. The van der Waals surface area contributed by atoms with Crippen molar-refractivity contribution in [2.24, 2.45) is 0 Å². The quantitative estimate of drug-likeness (QED) is 0.648. The maximum atomic E-state index is 10.3. The molecule has 0 aliphatic carbocycles. The first-order valence-corrected chi connectivity index (χ1v) is 3.72. The van der Waals surface area contributed by atoms with E-state index in [1.54, 1.807) is 30.6 Å². The van der Waals surface area contributed by atoms with Crippen molar-refractivity contribution in [1.82, 2.24) is 10.1 Å². The van der Waals surface area contributed by atoms with Crippen molar-refractivity contribution in [3.05, 3.63) is 36.4 Å². The lowest BCUT2D eigenvalue weighted by molar-refractivity contribution is 0.109. The summed E-state index contributed by atoms with van der Waals surface area (Å²) in [6.45, 7) is 0. The molecule has 0 radical (unpaired) electrons. The molecular formula is C9H6N2O2. The predicted octanol–water partition coefficient (Wildman–Crippen LogP) is 1.55. The van der Waals surface area contributed by atoms with E-state index in [1.165, 1.54) is 0 Å². The van der Waals surface area contributed by atoms with Crippen molar-refractivity contribution in [3.63, 3.8) is 0 Å². The van der Waals surface area contributed by atoms with Gasteiger partial charge in [-0.2, -0.15) is 0 Å². The van der Waals surface area contributed by atoms with Crippen molar-refractivity contribution < 1.29 is 9.32 Å². The van der Waals surface area contributed by atoms with Crippen molar-refractivity contribution in [2.45, 2.75) is 0 Å². The highest BCUT2D eigenvalue weighted by molar-refractivity contribution is 5.73. The van der Waals surface area contributed by atoms with Crippen LogP contribution in [0.2, 0.25) is 0 Å². The molecule has 0 aliphatic heterocycles. The van der Waals surface area contributed by atoms with E-state index in [1.807, 2.05) is 0 Å². The lowest BCUT2D eigenvalue weighted by atomic mass is 10.2. The Bertz CT molecular complexity index is 409. The highest BCUT2D eigenvalue weighted by atomic mass is 16.5. The Balaban J connectivity index is 2.41. The number of carbonyl (C=O) groups excluding carboxylic acids is 1. The molecule has 0 saturated heterocycles. The van der Waals surface area contributed by atoms with E-state index >= 15 is 0 Å². The fourth-order valence-corrected chi connectivity index (χ4v) is 1.00. The summed E-state index contributed by atoms with van der Waals surface area (Å²) in [6, 6.07) is 5.18. The zero-order valence-corrected chi connectivity index (χ0v) is 6.68. The Morgan fingerprint density at radius 3 is 2.69 bits per heavy atom. The number of aromatic nitrogens is 2. The number of rotatable bonds is 2. The van der Waals surface area contributed by atoms with Gasteiger partial charge in [-0.15, -0.1) is 0 Å². The largest absolute Gasteiger partial charge is 0.353 e. The fourth-order valence-electron chi connectivity index (χ4n) is 1.00. The third-order valence-corrected chi connectivity index (χ3v) is 1.62. The summed E-state index contributed by atoms with van der Waals surface area (Å²) in [6.07, 6.45) is 3.94. The van der Waals surface area contributed by atoms with Crippen LogP contribution in [0.1, 0.15) is 10.6 Å². The van der Waals surface area contributed by atoms with Crippen LogP contribution in [0.5, 0.6) is 0 Å². The van der Waals surface area contributed by atoms with E-state index in [0.29, 0.717) is 12.0 Å². The molecule has 0 atom stereocenters. The lowest BCUT2D eigenvalue weighted by Gasteiger charge is -1.90. The summed E-state index contributed by atoms with van der Waals surface area (Å²) in [5.41, 5.74) is 1.52. The number of nitrogens with zero attached hydrogens (tertiary/aromatic N) is 2. The molecule has 2 rings (SSSR count). The topological polar surface area (TPSA) is 56.0 Å². The molecule has 2 heterocycles. The standard InChI is InChI=1S/C9H6N2O2/c12-6-8-5-9(11-13-8)7-1-3-10-4-2-7/h1-6H. The van der Waals surface area contributed by atoms with Crippen molar-refractivity contribution in [2.75, 3.05) is 0 Å². The van der Waals surface area contributed by atoms with Gasteiger partial charge < -0.3 is 4.52 Å². The lowest BCUT2D eigenvalue weighted by Crippen LogP contribution is -1.76. The number of pyridine rings is 1. The molecular weight excluding hydrogens is 168 g/mol. The van der Waals surface area contributed by atoms with Crippen LogP contribution in [0.4, 0.5) is 0 Å². The maximum Gasteiger partial charge on any atom is 0.199 e. The average Bonchev–Trinajstić information content (AvgIpc) is 2.67. The predicted molar refractivity (Wildman–Crippen MR) is 45.1 cm³/mol. The molecule has 4 nitrogen and oxygen atoms in total. The summed E-state index contributed by atoms with van der Waals surface area (Å²) >= 11 is 0. The molecule has 0 N–H and O–H groups in total. The van der Waals surface area contributed by atoms with Crippen LogP contribution in [-0.2, 0) is 0 Å². The molecule has 4 heteroatoms. The van der Waals surface area contributed by atoms with Gasteiger partial charge >= 0.3 is 0 Å². The van der Waals surface area contributed by atoms with Gasteiger partial charge in [0.15, 0.2) is 12.0 Å². The average molecular weight is 174 g/mol. The SMILES string of the molecule is O=Cc1cc(-c2ccncc2)no1. The molecule has 0 fully saturated rings. The van der Waals surface area contributed by atoms with Crippen molar-refractivity contribution in [1.29, 1.82) is 0 Å². The fraction of sp³-hybridized carbons (Fsp3) is 0. The highest BCUT2D eigenvalue weighted by Crippen LogP contribution is 2.16. The van der Waals surface area contributed by atoms with Crippen LogP contribution in [0.15, 0.2) is 35.1 Å². The Morgan fingerprint density at radius 1 is 1.31 bits per heavy atom. The summed E-state index contributed by atoms with van der Waals surface area (Å²) in [4.78, 5) is 14.2. The second kappa shape index (κ2) is 3.18. The molecule has 13 heavy (non-hydrogen) atoms. The maximum absolute atomic E-state index is 10.3. The molecule has 0 spiro atoms. The van der Waals surface area contributed by atoms with Crippen LogP contribution in [0.25, 0.3) is 11.3 Å².